The van der Waals surface area contributed by atoms with E-state index in [0.29, 0.717) is 17.7 Å². The van der Waals surface area contributed by atoms with E-state index in [1.807, 2.05) is 36.4 Å². The Morgan fingerprint density at radius 3 is 2.13 bits per heavy atom. The topological polar surface area (TPSA) is 151 Å². The number of hydrogen-bond donors (Lipinski definition) is 4. The van der Waals surface area contributed by atoms with E-state index in [1.54, 1.807) is 42.5 Å². The van der Waals surface area contributed by atoms with E-state index in [4.69, 9.17) is 5.11 Å². The van der Waals surface area contributed by atoms with Gasteiger partial charge in [0.05, 0.1) is 6.54 Å². The fourth-order valence-electron chi connectivity index (χ4n) is 3.80. The minimum absolute atomic E-state index is 0.00588. The Bertz CT molecular complexity index is 1530. The highest BCUT2D eigenvalue weighted by molar-refractivity contribution is 5.98. The molecule has 0 radical (unpaired) electrons. The molecule has 0 spiro atoms. The van der Waals surface area contributed by atoms with Crippen LogP contribution in [0.15, 0.2) is 89.7 Å². The largest absolute Gasteiger partial charge is 0.493 e. The van der Waals surface area contributed by atoms with E-state index in [0.717, 1.165) is 11.1 Å². The number of carboxylic acid groups (broad SMARTS) is 1. The van der Waals surface area contributed by atoms with Gasteiger partial charge in [-0.3, -0.25) is 23.7 Å². The third kappa shape index (κ3) is 6.11. The monoisotopic (exact) mass is 512 g/mol. The molecule has 4 rings (SSSR count). The zero-order chi connectivity index (χ0) is 27.1. The van der Waals surface area contributed by atoms with Crippen LogP contribution in [-0.2, 0) is 17.9 Å². The van der Waals surface area contributed by atoms with Gasteiger partial charge in [-0.25, -0.2) is 0 Å². The number of carbonyl (C=O) groups excluding carboxylic acids is 2. The minimum atomic E-state index is -1.31. The molecule has 38 heavy (non-hydrogen) atoms. The summed E-state index contributed by atoms with van der Waals surface area (Å²) in [6.45, 7) is -0.411. The molecule has 0 aliphatic heterocycles. The molecular formula is C28H24N4O6. The predicted octanol–water partition coefficient (Wildman–Crippen LogP) is 2.41. The van der Waals surface area contributed by atoms with Crippen LogP contribution in [0.1, 0.15) is 31.8 Å². The first-order valence-electron chi connectivity index (χ1n) is 11.6. The maximum Gasteiger partial charge on any atom is 0.322 e. The standard InChI is InChI=1S/C28H24N4O6/c33-22(34)16-30-26(36)23-27(37)31-24(32(28(23)38)17-19-10-5-2-6-11-19)20-12-7-13-21(14-20)25(35)29-15-18-8-3-1-4-9-18/h1-14,37H,15-17H2,(H,29,35)(H,30,36)(H,33,34). The molecule has 0 aliphatic rings. The summed E-state index contributed by atoms with van der Waals surface area (Å²) in [7, 11) is 0. The number of aliphatic carboxylic acids is 1. The van der Waals surface area contributed by atoms with Gasteiger partial charge >= 0.3 is 5.97 Å². The van der Waals surface area contributed by atoms with E-state index in [2.05, 4.69) is 15.6 Å². The van der Waals surface area contributed by atoms with E-state index < -0.39 is 35.4 Å². The molecule has 4 aromatic rings. The maximum atomic E-state index is 13.4. The van der Waals surface area contributed by atoms with Crippen molar-refractivity contribution in [2.45, 2.75) is 13.1 Å². The number of carbonyl (C=O) groups is 3. The highest BCUT2D eigenvalue weighted by atomic mass is 16.4. The number of carboxylic acids is 1. The van der Waals surface area contributed by atoms with E-state index in [-0.39, 0.29) is 18.3 Å². The van der Waals surface area contributed by atoms with Crippen molar-refractivity contribution in [1.29, 1.82) is 0 Å². The summed E-state index contributed by atoms with van der Waals surface area (Å²) >= 11 is 0. The third-order valence-corrected chi connectivity index (χ3v) is 5.64. The molecule has 0 unspecified atom stereocenters. The van der Waals surface area contributed by atoms with Crippen LogP contribution in [0.5, 0.6) is 5.88 Å². The Morgan fingerprint density at radius 2 is 1.47 bits per heavy atom. The van der Waals surface area contributed by atoms with E-state index >= 15 is 0 Å². The molecule has 192 valence electrons. The van der Waals surface area contributed by atoms with Gasteiger partial charge in [0.1, 0.15) is 12.4 Å². The number of hydrogen-bond acceptors (Lipinski definition) is 6. The van der Waals surface area contributed by atoms with Crippen molar-refractivity contribution in [2.24, 2.45) is 0 Å². The lowest BCUT2D eigenvalue weighted by Crippen LogP contribution is -2.37. The fourth-order valence-corrected chi connectivity index (χ4v) is 3.80. The Labute approximate surface area is 217 Å². The molecule has 1 aromatic heterocycles. The minimum Gasteiger partial charge on any atom is -0.493 e. The van der Waals surface area contributed by atoms with Gasteiger partial charge in [-0.15, -0.1) is 0 Å². The molecule has 10 heteroatoms. The molecule has 0 fully saturated rings. The molecule has 0 aliphatic carbocycles. The molecule has 3 aromatic carbocycles. The highest BCUT2D eigenvalue weighted by Gasteiger charge is 2.24. The third-order valence-electron chi connectivity index (χ3n) is 5.64. The van der Waals surface area contributed by atoms with Crippen LogP contribution in [0.25, 0.3) is 11.4 Å². The summed E-state index contributed by atoms with van der Waals surface area (Å²) in [6, 6.07) is 24.7. The Kier molecular flexibility index (Phi) is 7.92. The van der Waals surface area contributed by atoms with Crippen molar-refractivity contribution in [3.8, 4) is 17.3 Å². The van der Waals surface area contributed by atoms with Gasteiger partial charge in [0.15, 0.2) is 5.56 Å². The Morgan fingerprint density at radius 1 is 0.816 bits per heavy atom. The van der Waals surface area contributed by atoms with Crippen molar-refractivity contribution in [3.05, 3.63) is 118 Å². The summed E-state index contributed by atoms with van der Waals surface area (Å²) in [4.78, 5) is 53.8. The van der Waals surface area contributed by atoms with Crippen LogP contribution in [0.2, 0.25) is 0 Å². The number of nitrogens with one attached hydrogen (secondary N) is 2. The fraction of sp³-hybridized carbons (Fsp3) is 0.107. The number of benzene rings is 3. The van der Waals surface area contributed by atoms with Crippen molar-refractivity contribution in [3.63, 3.8) is 0 Å². The highest BCUT2D eigenvalue weighted by Crippen LogP contribution is 2.23. The first kappa shape index (κ1) is 25.8. The summed E-state index contributed by atoms with van der Waals surface area (Å²) < 4.78 is 1.20. The quantitative estimate of drug-likeness (QED) is 0.269. The first-order chi connectivity index (χ1) is 18.3. The molecule has 0 saturated carbocycles. The Hall–Kier alpha value is -5.25. The van der Waals surface area contributed by atoms with Gasteiger partial charge in [0, 0.05) is 17.7 Å². The van der Waals surface area contributed by atoms with Crippen LogP contribution in [0.4, 0.5) is 0 Å². The molecule has 4 N–H and O–H groups in total. The average molecular weight is 513 g/mol. The van der Waals surface area contributed by atoms with Gasteiger partial charge < -0.3 is 20.8 Å². The lowest BCUT2D eigenvalue weighted by Gasteiger charge is -2.16. The van der Waals surface area contributed by atoms with Crippen LogP contribution >= 0.6 is 0 Å². The van der Waals surface area contributed by atoms with Crippen molar-refractivity contribution in [1.82, 2.24) is 20.2 Å². The average Bonchev–Trinajstić information content (AvgIpc) is 2.93. The lowest BCUT2D eigenvalue weighted by molar-refractivity contribution is -0.135. The van der Waals surface area contributed by atoms with E-state index in [9.17, 15) is 24.3 Å². The summed E-state index contributed by atoms with van der Waals surface area (Å²) in [5, 5.41) is 24.3. The normalized spacial score (nSPS) is 10.5. The zero-order valence-electron chi connectivity index (χ0n) is 20.1. The SMILES string of the molecule is O=C(O)CNC(=O)c1c(O)nc(-c2cccc(C(=O)NCc3ccccc3)c2)n(Cc2ccccc2)c1=O. The summed E-state index contributed by atoms with van der Waals surface area (Å²) in [6.07, 6.45) is 0. The van der Waals surface area contributed by atoms with Crippen molar-refractivity contribution >= 4 is 17.8 Å². The molecule has 0 atom stereocenters. The molecule has 0 bridgehead atoms. The predicted molar refractivity (Wildman–Crippen MR) is 139 cm³/mol. The van der Waals surface area contributed by atoms with Gasteiger partial charge in [-0.05, 0) is 23.3 Å². The molecule has 1 heterocycles. The van der Waals surface area contributed by atoms with Crippen LogP contribution < -0.4 is 16.2 Å². The number of nitrogens with zero attached hydrogens (tertiary/aromatic N) is 2. The molecule has 2 amide bonds. The number of aromatic nitrogens is 2. The number of amides is 2. The number of aromatic hydroxyl groups is 1. The molecule has 0 saturated heterocycles. The van der Waals surface area contributed by atoms with E-state index in [1.165, 1.54) is 10.6 Å². The summed E-state index contributed by atoms with van der Waals surface area (Å²) in [5.41, 5.74) is 0.773. The van der Waals surface area contributed by atoms with Crippen molar-refractivity contribution in [2.75, 3.05) is 6.54 Å². The maximum absolute atomic E-state index is 13.4. The van der Waals surface area contributed by atoms with Gasteiger partial charge in [0.2, 0.25) is 5.88 Å². The van der Waals surface area contributed by atoms with Gasteiger partial charge in [-0.1, -0.05) is 72.8 Å². The second-order valence-electron chi connectivity index (χ2n) is 8.34. The Balaban J connectivity index is 1.73. The second kappa shape index (κ2) is 11.7. The van der Waals surface area contributed by atoms with Crippen LogP contribution in [0.3, 0.4) is 0 Å². The van der Waals surface area contributed by atoms with Crippen molar-refractivity contribution < 1.29 is 24.6 Å². The first-order valence-corrected chi connectivity index (χ1v) is 11.6. The molecule has 10 nitrogen and oxygen atoms in total. The lowest BCUT2D eigenvalue weighted by atomic mass is 10.1. The summed E-state index contributed by atoms with van der Waals surface area (Å²) in [5.74, 6) is -3.54. The zero-order valence-corrected chi connectivity index (χ0v) is 20.1. The smallest absolute Gasteiger partial charge is 0.322 e. The number of rotatable bonds is 9. The second-order valence-corrected chi connectivity index (χ2v) is 8.34. The molecular weight excluding hydrogens is 488 g/mol. The van der Waals surface area contributed by atoms with Crippen LogP contribution in [-0.4, -0.2) is 44.1 Å². The van der Waals surface area contributed by atoms with Crippen LogP contribution in [0, 0.1) is 0 Å². The van der Waals surface area contributed by atoms with Gasteiger partial charge in [0.25, 0.3) is 17.4 Å². The van der Waals surface area contributed by atoms with Gasteiger partial charge in [-0.2, -0.15) is 4.98 Å².